The largest absolute Gasteiger partial charge is 0.413 e. The molecule has 3 aromatic heterocycles. The Labute approximate surface area is 243 Å². The SMILES string of the molecule is Cc1nc(F)ccc1[C@H](Nc1cc(Cl)c2ncc(C#N)c(NCC(C)(C)CO)c2c1)c1cn(C2(C(F)(F)F)CC2)nn1. The fraction of sp³-hybridized carbons (Fsp3) is 0.393. The van der Waals surface area contributed by atoms with Crippen molar-refractivity contribution in [3.63, 3.8) is 0 Å². The third-order valence-corrected chi connectivity index (χ3v) is 7.72. The fourth-order valence-electron chi connectivity index (χ4n) is 4.70. The van der Waals surface area contributed by atoms with Gasteiger partial charge in [0.25, 0.3) is 0 Å². The zero-order valence-electron chi connectivity index (χ0n) is 22.9. The van der Waals surface area contributed by atoms with E-state index in [0.717, 1.165) is 10.7 Å². The molecule has 0 saturated heterocycles. The highest BCUT2D eigenvalue weighted by Gasteiger charge is 2.66. The van der Waals surface area contributed by atoms with Crippen LogP contribution < -0.4 is 10.6 Å². The molecule has 4 aromatic rings. The van der Waals surface area contributed by atoms with Gasteiger partial charge in [0.2, 0.25) is 5.95 Å². The number of nitrogens with one attached hydrogen (secondary N) is 2. The van der Waals surface area contributed by atoms with Gasteiger partial charge in [-0.15, -0.1) is 5.10 Å². The predicted molar refractivity (Wildman–Crippen MR) is 149 cm³/mol. The number of nitrogens with zero attached hydrogens (tertiary/aromatic N) is 6. The first kappa shape index (κ1) is 29.5. The molecule has 1 aliphatic rings. The maximum absolute atomic E-state index is 13.9. The van der Waals surface area contributed by atoms with E-state index in [-0.39, 0.29) is 35.7 Å². The van der Waals surface area contributed by atoms with Crippen molar-refractivity contribution in [3.05, 3.63) is 70.1 Å². The van der Waals surface area contributed by atoms with Crippen LogP contribution in [0.5, 0.6) is 0 Å². The van der Waals surface area contributed by atoms with Crippen molar-refractivity contribution in [1.82, 2.24) is 25.0 Å². The molecule has 1 saturated carbocycles. The number of aromatic nitrogens is 5. The van der Waals surface area contributed by atoms with E-state index in [0.29, 0.717) is 40.1 Å². The van der Waals surface area contributed by atoms with Crippen LogP contribution in [0.1, 0.15) is 55.2 Å². The van der Waals surface area contributed by atoms with Crippen molar-refractivity contribution in [2.75, 3.05) is 23.8 Å². The minimum Gasteiger partial charge on any atom is -0.396 e. The van der Waals surface area contributed by atoms with Crippen LogP contribution in [0.25, 0.3) is 10.9 Å². The molecular formula is C28H27ClF4N8O. The van der Waals surface area contributed by atoms with Crippen LogP contribution >= 0.6 is 11.6 Å². The molecule has 0 aliphatic heterocycles. The topological polar surface area (TPSA) is 125 Å². The summed E-state index contributed by atoms with van der Waals surface area (Å²) < 4.78 is 56.1. The van der Waals surface area contributed by atoms with Crippen LogP contribution in [0.2, 0.25) is 5.02 Å². The molecule has 0 radical (unpaired) electrons. The molecule has 1 aromatic carbocycles. The third kappa shape index (κ3) is 5.44. The maximum atomic E-state index is 13.9. The van der Waals surface area contributed by atoms with Crippen LogP contribution in [0, 0.1) is 29.6 Å². The van der Waals surface area contributed by atoms with Crippen molar-refractivity contribution < 1.29 is 22.7 Å². The lowest BCUT2D eigenvalue weighted by atomic mass is 9.94. The molecule has 5 rings (SSSR count). The zero-order chi connectivity index (χ0) is 30.4. The second-order valence-electron chi connectivity index (χ2n) is 11.2. The monoisotopic (exact) mass is 602 g/mol. The number of aryl methyl sites for hydroxylation is 1. The fourth-order valence-corrected chi connectivity index (χ4v) is 4.97. The Morgan fingerprint density at radius 2 is 1.98 bits per heavy atom. The normalized spacial score (nSPS) is 15.3. The zero-order valence-corrected chi connectivity index (χ0v) is 23.6. The number of aliphatic hydroxyl groups excluding tert-OH is 1. The smallest absolute Gasteiger partial charge is 0.396 e. The van der Waals surface area contributed by atoms with Crippen molar-refractivity contribution in [2.24, 2.45) is 5.41 Å². The number of anilines is 2. The second kappa shape index (κ2) is 10.7. The minimum absolute atomic E-state index is 0.0957. The van der Waals surface area contributed by atoms with E-state index in [4.69, 9.17) is 11.6 Å². The first-order valence-corrected chi connectivity index (χ1v) is 13.4. The van der Waals surface area contributed by atoms with Crippen molar-refractivity contribution in [1.29, 1.82) is 5.26 Å². The van der Waals surface area contributed by atoms with Gasteiger partial charge in [-0.2, -0.15) is 22.8 Å². The van der Waals surface area contributed by atoms with Crippen LogP contribution in [0.15, 0.2) is 36.7 Å². The molecule has 1 aliphatic carbocycles. The number of halogens is 5. The molecule has 9 nitrogen and oxygen atoms in total. The Bertz CT molecular complexity index is 1690. The minimum atomic E-state index is -4.50. The van der Waals surface area contributed by atoms with Crippen molar-refractivity contribution >= 4 is 33.9 Å². The summed E-state index contributed by atoms with van der Waals surface area (Å²) in [6, 6.07) is 7.15. The number of benzene rings is 1. The van der Waals surface area contributed by atoms with Crippen LogP contribution in [-0.4, -0.2) is 49.4 Å². The van der Waals surface area contributed by atoms with Gasteiger partial charge in [-0.1, -0.05) is 36.7 Å². The van der Waals surface area contributed by atoms with Gasteiger partial charge in [-0.05, 0) is 38.0 Å². The first-order chi connectivity index (χ1) is 19.8. The summed E-state index contributed by atoms with van der Waals surface area (Å²) in [5.41, 5.74) is -0.138. The van der Waals surface area contributed by atoms with Crippen molar-refractivity contribution in [3.8, 4) is 6.07 Å². The quantitative estimate of drug-likeness (QED) is 0.160. The predicted octanol–water partition coefficient (Wildman–Crippen LogP) is 5.88. The Kier molecular flexibility index (Phi) is 7.49. The summed E-state index contributed by atoms with van der Waals surface area (Å²) in [4.78, 5) is 8.23. The standard InChI is InChI=1S/C28H27ClF4N8O/c1-15-18(4-5-22(30)37-15)25(21-12-41(40-39-21)27(6-7-27)28(31,32)33)38-17-8-19-23(36-13-26(2,3)14-42)16(10-34)11-35-24(19)20(29)9-17/h4-5,8-9,11-12,25,38,42H,6-7,13-14H2,1-3H3,(H,35,36)/t25-/m0/s1. The van der Waals surface area contributed by atoms with E-state index >= 15 is 0 Å². The Morgan fingerprint density at radius 3 is 2.60 bits per heavy atom. The summed E-state index contributed by atoms with van der Waals surface area (Å²) >= 11 is 6.62. The molecule has 3 heterocycles. The van der Waals surface area contributed by atoms with Gasteiger partial charge in [0, 0.05) is 47.1 Å². The first-order valence-electron chi connectivity index (χ1n) is 13.0. The van der Waals surface area contributed by atoms with Crippen molar-refractivity contribution in [2.45, 2.75) is 51.4 Å². The molecule has 0 amide bonds. The summed E-state index contributed by atoms with van der Waals surface area (Å²) in [6.07, 6.45) is -2.07. The maximum Gasteiger partial charge on any atom is 0.413 e. The number of aliphatic hydroxyl groups is 1. The lowest BCUT2D eigenvalue weighted by molar-refractivity contribution is -0.182. The second-order valence-corrected chi connectivity index (χ2v) is 11.6. The van der Waals surface area contributed by atoms with E-state index in [2.05, 4.69) is 37.0 Å². The van der Waals surface area contributed by atoms with Gasteiger partial charge in [-0.25, -0.2) is 9.67 Å². The third-order valence-electron chi connectivity index (χ3n) is 7.43. The number of fused-ring (bicyclic) bond motifs is 1. The van der Waals surface area contributed by atoms with Gasteiger partial charge in [0.05, 0.1) is 34.0 Å². The number of hydrogen-bond acceptors (Lipinski definition) is 8. The molecule has 220 valence electrons. The molecule has 0 spiro atoms. The molecule has 3 N–H and O–H groups in total. The number of rotatable bonds is 9. The molecular weight excluding hydrogens is 576 g/mol. The highest BCUT2D eigenvalue weighted by Crippen LogP contribution is 2.55. The van der Waals surface area contributed by atoms with Gasteiger partial charge in [-0.3, -0.25) is 4.98 Å². The summed E-state index contributed by atoms with van der Waals surface area (Å²) in [5, 5.41) is 34.6. The Balaban J connectivity index is 1.60. The van der Waals surface area contributed by atoms with Gasteiger partial charge in [0.15, 0.2) is 5.54 Å². The van der Waals surface area contributed by atoms with Crippen LogP contribution in [0.3, 0.4) is 0 Å². The lowest BCUT2D eigenvalue weighted by Crippen LogP contribution is -2.35. The van der Waals surface area contributed by atoms with E-state index in [1.54, 1.807) is 19.1 Å². The number of pyridine rings is 2. The van der Waals surface area contributed by atoms with E-state index < -0.39 is 29.1 Å². The van der Waals surface area contributed by atoms with Gasteiger partial charge in [0.1, 0.15) is 11.8 Å². The molecule has 14 heteroatoms. The van der Waals surface area contributed by atoms with E-state index in [1.165, 1.54) is 18.5 Å². The van der Waals surface area contributed by atoms with Gasteiger partial charge >= 0.3 is 6.18 Å². The average Bonchev–Trinajstić information content (AvgIpc) is 3.62. The number of alkyl halides is 3. The van der Waals surface area contributed by atoms with E-state index in [1.807, 2.05) is 13.8 Å². The average molecular weight is 603 g/mol. The lowest BCUT2D eigenvalue weighted by Gasteiger charge is -2.24. The Morgan fingerprint density at radius 1 is 1.24 bits per heavy atom. The highest BCUT2D eigenvalue weighted by atomic mass is 35.5. The summed E-state index contributed by atoms with van der Waals surface area (Å²) in [6.45, 7) is 5.53. The number of nitriles is 1. The van der Waals surface area contributed by atoms with Gasteiger partial charge < -0.3 is 15.7 Å². The molecule has 1 fully saturated rings. The summed E-state index contributed by atoms with van der Waals surface area (Å²) in [5.74, 6) is -0.710. The molecule has 1 atom stereocenters. The van der Waals surface area contributed by atoms with E-state index in [9.17, 15) is 27.9 Å². The van der Waals surface area contributed by atoms with Crippen LogP contribution in [-0.2, 0) is 5.54 Å². The molecule has 42 heavy (non-hydrogen) atoms. The highest BCUT2D eigenvalue weighted by molar-refractivity contribution is 6.35. The number of hydrogen-bond donors (Lipinski definition) is 3. The molecule has 0 unspecified atom stereocenters. The Hall–Kier alpha value is -4.02. The van der Waals surface area contributed by atoms with Crippen LogP contribution in [0.4, 0.5) is 28.9 Å². The molecule has 0 bridgehead atoms. The summed E-state index contributed by atoms with van der Waals surface area (Å²) in [7, 11) is 0.